The van der Waals surface area contributed by atoms with E-state index < -0.39 is 27.3 Å². The standard InChI is InChI=1S/C31H35F3O.C19H22.CHF3O3S/c32-23-16-15-20-17-22-28(21-13-7-8-14-24(21)35)25(18-9-3-1-4-10-18)26(19-11-5-2-6-12-19)31(34)29(22)27(20)30(23)33;1-2-3-4-5-9-15-11-8-13-18-17-12-7-6-10-16(17)14-19(15)18;2-1(3,4)8(5,6)7/h15-16,18-19,21H,1-14,17H2;6-8,10-13H,2-5,9,14H2,1H3;(H,5,6,7). The van der Waals surface area contributed by atoms with Crippen LogP contribution in [0, 0.1) is 17.5 Å². The SMILES string of the molecule is CCCCCCc1cccc2c1Cc1ccccc1-2.O=C1CCCCC1c1c2c(c(F)c(C3CCCCC3)c1C1CCCCC1)-c1c(ccc(F)c1F)C2.O=S(=O)(O)C(F)(F)F. The first-order valence-corrected chi connectivity index (χ1v) is 24.3. The van der Waals surface area contributed by atoms with Crippen LogP contribution in [0.25, 0.3) is 22.3 Å². The zero-order valence-electron chi connectivity index (χ0n) is 35.6. The minimum absolute atomic E-state index is 0.101. The van der Waals surface area contributed by atoms with Crippen LogP contribution in [-0.4, -0.2) is 24.3 Å². The van der Waals surface area contributed by atoms with Crippen LogP contribution in [0.4, 0.5) is 26.3 Å². The van der Waals surface area contributed by atoms with E-state index in [0.29, 0.717) is 18.4 Å². The molecule has 1 atom stereocenters. The van der Waals surface area contributed by atoms with E-state index in [1.165, 1.54) is 61.6 Å². The van der Waals surface area contributed by atoms with E-state index in [0.717, 1.165) is 105 Å². The van der Waals surface area contributed by atoms with Gasteiger partial charge < -0.3 is 0 Å². The first-order valence-electron chi connectivity index (χ1n) is 22.8. The number of hydrogen-bond donors (Lipinski definition) is 1. The number of carbonyl (C=O) groups is 1. The van der Waals surface area contributed by atoms with Crippen molar-refractivity contribution in [3.63, 3.8) is 0 Å². The molecule has 1 unspecified atom stereocenters. The molecule has 9 rings (SSSR count). The van der Waals surface area contributed by atoms with Crippen LogP contribution in [0.5, 0.6) is 0 Å². The minimum atomic E-state index is -5.84. The third-order valence-electron chi connectivity index (χ3n) is 13.9. The zero-order chi connectivity index (χ0) is 44.2. The molecule has 11 heteroatoms. The number of aryl methyl sites for hydroxylation is 1. The fourth-order valence-corrected chi connectivity index (χ4v) is 11.0. The number of rotatable bonds is 8. The molecule has 334 valence electrons. The van der Waals surface area contributed by atoms with Gasteiger partial charge in [0, 0.05) is 23.5 Å². The number of carbonyl (C=O) groups excluding carboxylic acids is 1. The van der Waals surface area contributed by atoms with E-state index in [-0.39, 0.29) is 40.5 Å². The molecular formula is C51H58F6O4S. The van der Waals surface area contributed by atoms with Crippen molar-refractivity contribution in [3.8, 4) is 22.3 Å². The summed E-state index contributed by atoms with van der Waals surface area (Å²) in [5.74, 6) is -1.82. The Kier molecular flexibility index (Phi) is 14.7. The van der Waals surface area contributed by atoms with Crippen molar-refractivity contribution in [1.82, 2.24) is 0 Å². The topological polar surface area (TPSA) is 71.4 Å². The van der Waals surface area contributed by atoms with E-state index in [2.05, 4.69) is 49.4 Å². The van der Waals surface area contributed by atoms with Gasteiger partial charge >= 0.3 is 15.6 Å². The lowest BCUT2D eigenvalue weighted by atomic mass is 9.68. The quantitative estimate of drug-likeness (QED) is 0.0715. The largest absolute Gasteiger partial charge is 0.522 e. The Morgan fingerprint density at radius 3 is 1.89 bits per heavy atom. The third kappa shape index (κ3) is 9.74. The highest BCUT2D eigenvalue weighted by Gasteiger charge is 2.44. The van der Waals surface area contributed by atoms with E-state index in [1.807, 2.05) is 0 Å². The molecule has 0 spiro atoms. The number of hydrogen-bond acceptors (Lipinski definition) is 3. The van der Waals surface area contributed by atoms with Gasteiger partial charge in [-0.3, -0.25) is 9.35 Å². The van der Waals surface area contributed by atoms with E-state index in [4.69, 9.17) is 13.0 Å². The lowest BCUT2D eigenvalue weighted by Crippen LogP contribution is -2.25. The number of fused-ring (bicyclic) bond motifs is 6. The maximum absolute atomic E-state index is 16.8. The summed E-state index contributed by atoms with van der Waals surface area (Å²) in [6, 6.07) is 18.5. The second-order valence-corrected chi connectivity index (χ2v) is 19.3. The summed E-state index contributed by atoms with van der Waals surface area (Å²) in [6.07, 6.45) is 22.1. The van der Waals surface area contributed by atoms with Crippen molar-refractivity contribution in [2.24, 2.45) is 0 Å². The van der Waals surface area contributed by atoms with Crippen molar-refractivity contribution in [1.29, 1.82) is 0 Å². The molecule has 3 fully saturated rings. The molecule has 0 saturated heterocycles. The van der Waals surface area contributed by atoms with Crippen molar-refractivity contribution in [2.45, 2.75) is 165 Å². The van der Waals surface area contributed by atoms with Gasteiger partial charge in [-0.15, -0.1) is 0 Å². The van der Waals surface area contributed by atoms with Crippen LogP contribution in [0.1, 0.15) is 185 Å². The molecule has 5 aliphatic rings. The third-order valence-corrected chi connectivity index (χ3v) is 14.5. The minimum Gasteiger partial charge on any atom is -0.299 e. The van der Waals surface area contributed by atoms with Gasteiger partial charge in [0.25, 0.3) is 0 Å². The van der Waals surface area contributed by atoms with Crippen LogP contribution < -0.4 is 0 Å². The fourth-order valence-electron chi connectivity index (χ4n) is 11.0. The summed E-state index contributed by atoms with van der Waals surface area (Å²) >= 11 is 0. The highest BCUT2D eigenvalue weighted by Crippen LogP contribution is 2.54. The van der Waals surface area contributed by atoms with Crippen LogP contribution in [0.15, 0.2) is 54.6 Å². The fraction of sp³-hybridized carbons (Fsp3) is 0.510. The van der Waals surface area contributed by atoms with Gasteiger partial charge in [-0.25, -0.2) is 13.2 Å². The van der Waals surface area contributed by atoms with Gasteiger partial charge in [-0.1, -0.05) is 120 Å². The number of benzene rings is 4. The van der Waals surface area contributed by atoms with Gasteiger partial charge in [-0.05, 0) is 138 Å². The molecule has 0 aliphatic heterocycles. The van der Waals surface area contributed by atoms with E-state index in [1.54, 1.807) is 17.2 Å². The Balaban J connectivity index is 0.000000178. The molecule has 0 heterocycles. The van der Waals surface area contributed by atoms with E-state index in [9.17, 15) is 22.4 Å². The normalized spacial score (nSPS) is 18.8. The van der Waals surface area contributed by atoms with E-state index >= 15 is 8.78 Å². The van der Waals surface area contributed by atoms with Crippen LogP contribution in [0.3, 0.4) is 0 Å². The molecule has 3 saturated carbocycles. The summed E-state index contributed by atoms with van der Waals surface area (Å²) in [4.78, 5) is 13.4. The molecule has 0 aromatic heterocycles. The smallest absolute Gasteiger partial charge is 0.299 e. The molecule has 4 nitrogen and oxygen atoms in total. The average Bonchev–Trinajstić information content (AvgIpc) is 3.85. The van der Waals surface area contributed by atoms with Gasteiger partial charge in [0.2, 0.25) is 0 Å². The monoisotopic (exact) mass is 880 g/mol. The van der Waals surface area contributed by atoms with Crippen molar-refractivity contribution >= 4 is 15.9 Å². The average molecular weight is 881 g/mol. The van der Waals surface area contributed by atoms with Gasteiger partial charge in [0.1, 0.15) is 11.6 Å². The summed E-state index contributed by atoms with van der Waals surface area (Å²) in [7, 11) is -5.84. The maximum Gasteiger partial charge on any atom is 0.522 e. The maximum atomic E-state index is 16.8. The lowest BCUT2D eigenvalue weighted by Gasteiger charge is -2.36. The first kappa shape index (κ1) is 46.0. The Hall–Kier alpha value is -3.96. The molecule has 62 heavy (non-hydrogen) atoms. The Bertz CT molecular complexity index is 2360. The van der Waals surface area contributed by atoms with Crippen molar-refractivity contribution in [3.05, 3.63) is 117 Å². The Morgan fingerprint density at radius 1 is 0.629 bits per heavy atom. The summed E-state index contributed by atoms with van der Waals surface area (Å²) in [6.45, 7) is 2.27. The Labute approximate surface area is 362 Å². The number of Topliss-reactive ketones (excluding diaryl/α,β-unsaturated/α-hetero) is 1. The number of halogens is 6. The zero-order valence-corrected chi connectivity index (χ0v) is 36.4. The predicted molar refractivity (Wildman–Crippen MR) is 233 cm³/mol. The summed E-state index contributed by atoms with van der Waals surface area (Å²) in [5, 5.41) is 0. The second kappa shape index (κ2) is 19.8. The molecular weight excluding hydrogens is 823 g/mol. The summed E-state index contributed by atoms with van der Waals surface area (Å²) in [5.41, 5.74) is 6.75. The first-order chi connectivity index (χ1) is 29.7. The summed E-state index contributed by atoms with van der Waals surface area (Å²) < 4.78 is 104. The van der Waals surface area contributed by atoms with Gasteiger partial charge in [0.15, 0.2) is 11.6 Å². The molecule has 0 bridgehead atoms. The Morgan fingerprint density at radius 2 is 1.24 bits per heavy atom. The molecule has 4 aromatic carbocycles. The van der Waals surface area contributed by atoms with Crippen LogP contribution in [0.2, 0.25) is 0 Å². The predicted octanol–water partition coefficient (Wildman–Crippen LogP) is 14.8. The van der Waals surface area contributed by atoms with Crippen molar-refractivity contribution < 1.29 is 44.1 Å². The van der Waals surface area contributed by atoms with Gasteiger partial charge in [-0.2, -0.15) is 21.6 Å². The molecule has 0 amide bonds. The van der Waals surface area contributed by atoms with Gasteiger partial charge in [0.05, 0.1) is 0 Å². The highest BCUT2D eigenvalue weighted by molar-refractivity contribution is 7.86. The number of unbranched alkanes of at least 4 members (excludes halogenated alkanes) is 3. The number of alkyl halides is 3. The lowest BCUT2D eigenvalue weighted by molar-refractivity contribution is -0.121. The highest BCUT2D eigenvalue weighted by atomic mass is 32.2. The number of ketones is 1. The van der Waals surface area contributed by atoms with Crippen LogP contribution >= 0.6 is 0 Å². The van der Waals surface area contributed by atoms with Crippen LogP contribution in [-0.2, 0) is 34.2 Å². The molecule has 1 N–H and O–H groups in total. The second-order valence-electron chi connectivity index (χ2n) is 17.9. The molecule has 4 aromatic rings. The van der Waals surface area contributed by atoms with Crippen molar-refractivity contribution in [2.75, 3.05) is 0 Å². The molecule has 0 radical (unpaired) electrons. The molecule has 5 aliphatic carbocycles.